The minimum absolute atomic E-state index is 0.0475. The first kappa shape index (κ1) is 26.1. The lowest BCUT2D eigenvalue weighted by Gasteiger charge is -2.61. The number of aromatic hydroxyl groups is 1. The van der Waals surface area contributed by atoms with Crippen LogP contribution in [0.5, 0.6) is 11.5 Å². The van der Waals surface area contributed by atoms with E-state index in [0.717, 1.165) is 12.5 Å². The molecule has 1 saturated heterocycles. The van der Waals surface area contributed by atoms with Crippen LogP contribution in [0.25, 0.3) is 0 Å². The van der Waals surface area contributed by atoms with Gasteiger partial charge in [-0.05, 0) is 51.1 Å². The molecule has 0 saturated carbocycles. The van der Waals surface area contributed by atoms with Gasteiger partial charge in [0.2, 0.25) is 0 Å². The van der Waals surface area contributed by atoms with Gasteiger partial charge < -0.3 is 39.5 Å². The molecule has 0 radical (unpaired) electrons. The number of aliphatic hydroxyl groups excluding tert-OH is 1. The fraction of sp³-hybridized carbons (Fsp3) is 0.538. The number of piperidine rings is 1. The van der Waals surface area contributed by atoms with Crippen molar-refractivity contribution in [2.45, 2.75) is 74.4 Å². The molecule has 4 aliphatic rings. The molecule has 6 atom stereocenters. The molecule has 2 heterocycles. The molecule has 0 unspecified atom stereocenters. The number of hydrogen-bond acceptors (Lipinski definition) is 11. The number of nitrogens with zero attached hydrogens (tertiary/aromatic N) is 1. The standard InChI is InChI=1S/C26H29NO11/c1-12(28)17(11-19(31)32)36-20(33)10-15(30)24(34)37-16-5-6-26(35)18-9-13-3-4-14(29)22-21(13)25(26,23(16)38-22)7-8-27(18)2/h3-5,15,17-18,23,29-30,35H,6-11H2,1-2H3,(H,31,32)/t15-,17-,18+,23-,25-,26+/m0/s1. The maximum absolute atomic E-state index is 12.8. The van der Waals surface area contributed by atoms with Gasteiger partial charge in [-0.1, -0.05) is 6.07 Å². The number of likely N-dealkylation sites (N-methyl/N-ethyl adjacent to an activating group) is 1. The molecule has 0 aromatic heterocycles. The predicted octanol–water partition coefficient (Wildman–Crippen LogP) is -0.0604. The molecule has 2 bridgehead atoms. The molecule has 1 fully saturated rings. The van der Waals surface area contributed by atoms with Crippen molar-refractivity contribution in [3.05, 3.63) is 35.1 Å². The van der Waals surface area contributed by atoms with E-state index in [0.29, 0.717) is 24.9 Å². The van der Waals surface area contributed by atoms with Crippen molar-refractivity contribution in [3.8, 4) is 11.5 Å². The first-order valence-corrected chi connectivity index (χ1v) is 12.3. The maximum atomic E-state index is 12.8. The Bertz CT molecular complexity index is 1260. The summed E-state index contributed by atoms with van der Waals surface area (Å²) in [6, 6.07) is 3.11. The number of hydrogen-bond donors (Lipinski definition) is 4. The number of carbonyl (C=O) groups is 4. The number of carbonyl (C=O) groups excluding carboxylic acids is 3. The minimum atomic E-state index is -1.97. The fourth-order valence-electron chi connectivity index (χ4n) is 6.50. The van der Waals surface area contributed by atoms with Crippen molar-refractivity contribution in [1.82, 2.24) is 4.90 Å². The number of esters is 2. The van der Waals surface area contributed by atoms with Gasteiger partial charge in [-0.25, -0.2) is 4.79 Å². The van der Waals surface area contributed by atoms with E-state index in [1.165, 1.54) is 12.1 Å². The smallest absolute Gasteiger partial charge is 0.340 e. The van der Waals surface area contributed by atoms with Gasteiger partial charge in [0.05, 0.1) is 23.9 Å². The monoisotopic (exact) mass is 531 g/mol. The summed E-state index contributed by atoms with van der Waals surface area (Å²) in [6.45, 7) is 1.69. The average Bonchev–Trinajstić information content (AvgIpc) is 3.20. The number of ether oxygens (including phenoxy) is 3. The van der Waals surface area contributed by atoms with E-state index < -0.39 is 65.9 Å². The molecule has 1 spiro atoms. The number of ketones is 1. The van der Waals surface area contributed by atoms with E-state index in [1.54, 1.807) is 0 Å². The number of benzene rings is 1. The highest BCUT2D eigenvalue weighted by Crippen LogP contribution is 2.65. The number of phenols is 1. The van der Waals surface area contributed by atoms with Gasteiger partial charge in [0.1, 0.15) is 5.76 Å². The molecule has 2 aliphatic carbocycles. The highest BCUT2D eigenvalue weighted by Gasteiger charge is 2.72. The van der Waals surface area contributed by atoms with Gasteiger partial charge in [0, 0.05) is 18.0 Å². The lowest BCUT2D eigenvalue weighted by Crippen LogP contribution is -2.74. The van der Waals surface area contributed by atoms with Crippen LogP contribution in [0.1, 0.15) is 43.7 Å². The third-order valence-electron chi connectivity index (χ3n) is 8.29. The highest BCUT2D eigenvalue weighted by molar-refractivity contribution is 5.88. The van der Waals surface area contributed by atoms with Gasteiger partial charge >= 0.3 is 17.9 Å². The normalized spacial score (nSPS) is 30.3. The number of aliphatic hydroxyl groups is 2. The van der Waals surface area contributed by atoms with E-state index >= 15 is 0 Å². The molecule has 0 amide bonds. The van der Waals surface area contributed by atoms with E-state index in [2.05, 4.69) is 4.90 Å². The highest BCUT2D eigenvalue weighted by atomic mass is 16.6. The maximum Gasteiger partial charge on any atom is 0.340 e. The van der Waals surface area contributed by atoms with Crippen LogP contribution < -0.4 is 4.74 Å². The molecular formula is C26H29NO11. The third kappa shape index (κ3) is 3.77. The van der Waals surface area contributed by atoms with Crippen LogP contribution in [0.4, 0.5) is 0 Å². The predicted molar refractivity (Wildman–Crippen MR) is 126 cm³/mol. The topological polar surface area (TPSA) is 180 Å². The quantitative estimate of drug-likeness (QED) is 0.329. The Labute approximate surface area is 217 Å². The minimum Gasteiger partial charge on any atom is -0.504 e. The molecule has 1 aromatic carbocycles. The van der Waals surface area contributed by atoms with E-state index in [-0.39, 0.29) is 29.7 Å². The second-order valence-corrected chi connectivity index (χ2v) is 10.4. The Morgan fingerprint density at radius 1 is 1.24 bits per heavy atom. The van der Waals surface area contributed by atoms with E-state index in [1.807, 2.05) is 13.1 Å². The number of Topliss-reactive ketones (excluding diaryl/α,β-unsaturated/α-hetero) is 1. The molecular weight excluding hydrogens is 502 g/mol. The Morgan fingerprint density at radius 3 is 2.66 bits per heavy atom. The van der Waals surface area contributed by atoms with Crippen molar-refractivity contribution >= 4 is 23.7 Å². The van der Waals surface area contributed by atoms with Crippen LogP contribution in [-0.4, -0.2) is 92.6 Å². The zero-order chi connectivity index (χ0) is 27.6. The number of phenolic OH excluding ortho intramolecular Hbond substituents is 1. The molecule has 5 rings (SSSR count). The zero-order valence-electron chi connectivity index (χ0n) is 20.9. The first-order valence-electron chi connectivity index (χ1n) is 12.3. The van der Waals surface area contributed by atoms with E-state index in [9.17, 15) is 34.5 Å². The number of likely N-dealkylation sites (tertiary alicyclic amines) is 1. The second kappa shape index (κ2) is 9.07. The Kier molecular flexibility index (Phi) is 6.24. The summed E-state index contributed by atoms with van der Waals surface area (Å²) < 4.78 is 16.5. The molecule has 2 aliphatic heterocycles. The second-order valence-electron chi connectivity index (χ2n) is 10.4. The molecule has 12 heteroatoms. The summed E-state index contributed by atoms with van der Waals surface area (Å²) in [5, 5.41) is 41.8. The third-order valence-corrected chi connectivity index (χ3v) is 8.29. The largest absolute Gasteiger partial charge is 0.504 e. The molecule has 12 nitrogen and oxygen atoms in total. The molecule has 1 aromatic rings. The lowest BCUT2D eigenvalue weighted by molar-refractivity contribution is -0.174. The van der Waals surface area contributed by atoms with Crippen LogP contribution >= 0.6 is 0 Å². The van der Waals surface area contributed by atoms with Crippen LogP contribution in [0.2, 0.25) is 0 Å². The van der Waals surface area contributed by atoms with Crippen LogP contribution in [0, 0.1) is 0 Å². The molecule has 38 heavy (non-hydrogen) atoms. The van der Waals surface area contributed by atoms with Crippen molar-refractivity contribution in [2.75, 3.05) is 13.6 Å². The Balaban J connectivity index is 1.37. The summed E-state index contributed by atoms with van der Waals surface area (Å²) in [7, 11) is 1.94. The van der Waals surface area contributed by atoms with Crippen LogP contribution in [0.15, 0.2) is 24.0 Å². The number of aliphatic carboxylic acids is 1. The Hall–Kier alpha value is -3.48. The number of carboxylic acid groups (broad SMARTS) is 1. The van der Waals surface area contributed by atoms with E-state index in [4.69, 9.17) is 19.3 Å². The summed E-state index contributed by atoms with van der Waals surface area (Å²) in [6.07, 6.45) is -3.40. The van der Waals surface area contributed by atoms with Crippen molar-refractivity contribution in [1.29, 1.82) is 0 Å². The fourth-order valence-corrected chi connectivity index (χ4v) is 6.50. The van der Waals surface area contributed by atoms with Gasteiger partial charge in [-0.2, -0.15) is 0 Å². The number of carboxylic acids is 1. The molecule has 204 valence electrons. The summed E-state index contributed by atoms with van der Waals surface area (Å²) in [4.78, 5) is 49.5. The summed E-state index contributed by atoms with van der Waals surface area (Å²) in [5.74, 6) is -4.19. The van der Waals surface area contributed by atoms with Crippen molar-refractivity contribution in [2.24, 2.45) is 0 Å². The summed E-state index contributed by atoms with van der Waals surface area (Å²) in [5.41, 5.74) is -0.626. The zero-order valence-corrected chi connectivity index (χ0v) is 20.9. The van der Waals surface area contributed by atoms with Gasteiger partial charge in [0.15, 0.2) is 35.6 Å². The number of rotatable bonds is 8. The van der Waals surface area contributed by atoms with Crippen LogP contribution in [-0.2, 0) is 40.5 Å². The first-order chi connectivity index (χ1) is 17.9. The van der Waals surface area contributed by atoms with Gasteiger partial charge in [-0.3, -0.25) is 14.4 Å². The van der Waals surface area contributed by atoms with Crippen molar-refractivity contribution in [3.63, 3.8) is 0 Å². The van der Waals surface area contributed by atoms with Gasteiger partial charge in [-0.15, -0.1) is 0 Å². The van der Waals surface area contributed by atoms with Gasteiger partial charge in [0.25, 0.3) is 0 Å². The average molecular weight is 532 g/mol. The SMILES string of the molecule is CC(=O)[C@H](CC(=O)O)OC(=O)C[C@H](O)C(=O)OC1=CC[C@@]2(O)[C@H]3Cc4ccc(O)c5c4[C@@]2(CCN3C)[C@H]1O5. The summed E-state index contributed by atoms with van der Waals surface area (Å²) >= 11 is 0. The lowest BCUT2D eigenvalue weighted by atomic mass is 9.50. The van der Waals surface area contributed by atoms with Crippen molar-refractivity contribution < 1.29 is 53.8 Å². The van der Waals surface area contributed by atoms with Crippen LogP contribution in [0.3, 0.4) is 0 Å². The molecule has 4 N–H and O–H groups in total. The Morgan fingerprint density at radius 2 is 1.97 bits per heavy atom.